The van der Waals surface area contributed by atoms with Gasteiger partial charge in [-0.1, -0.05) is 0 Å². The fourth-order valence-corrected chi connectivity index (χ4v) is 3.03. The van der Waals surface area contributed by atoms with Gasteiger partial charge in [-0.15, -0.1) is 0 Å². The van der Waals surface area contributed by atoms with E-state index in [1.807, 2.05) is 24.3 Å². The molecule has 1 aromatic carbocycles. The van der Waals surface area contributed by atoms with Crippen molar-refractivity contribution in [2.75, 3.05) is 26.8 Å². The molecule has 2 N–H and O–H groups in total. The lowest BCUT2D eigenvalue weighted by Crippen LogP contribution is -2.43. The van der Waals surface area contributed by atoms with Crippen LogP contribution in [0, 0.1) is 5.92 Å². The second-order valence-electron chi connectivity index (χ2n) is 6.25. The average Bonchev–Trinajstić information content (AvgIpc) is 2.65. The summed E-state index contributed by atoms with van der Waals surface area (Å²) < 4.78 is 10.9. The highest BCUT2D eigenvalue weighted by Gasteiger charge is 2.25. The summed E-state index contributed by atoms with van der Waals surface area (Å²) in [5, 5.41) is 0. The van der Waals surface area contributed by atoms with Crippen LogP contribution in [-0.4, -0.2) is 47.6 Å². The van der Waals surface area contributed by atoms with Crippen molar-refractivity contribution < 1.29 is 14.3 Å². The quantitative estimate of drug-likeness (QED) is 0.829. The number of aromatic nitrogens is 2. The summed E-state index contributed by atoms with van der Waals surface area (Å²) in [5.41, 5.74) is -1.26. The van der Waals surface area contributed by atoms with E-state index in [1.165, 1.54) is 0 Å². The summed E-state index contributed by atoms with van der Waals surface area (Å²) >= 11 is 0. The van der Waals surface area contributed by atoms with E-state index in [4.69, 9.17) is 9.47 Å². The van der Waals surface area contributed by atoms with E-state index in [0.29, 0.717) is 19.7 Å². The monoisotopic (exact) mass is 359 g/mol. The number of piperidine rings is 1. The van der Waals surface area contributed by atoms with Crippen molar-refractivity contribution in [2.24, 2.45) is 5.92 Å². The number of likely N-dealkylation sites (tertiary alicyclic amines) is 1. The molecule has 0 radical (unpaired) electrons. The number of methoxy groups -OCH3 is 1. The van der Waals surface area contributed by atoms with E-state index in [9.17, 15) is 14.4 Å². The van der Waals surface area contributed by atoms with Gasteiger partial charge in [0.1, 0.15) is 17.2 Å². The van der Waals surface area contributed by atoms with Gasteiger partial charge in [-0.05, 0) is 37.1 Å². The van der Waals surface area contributed by atoms with Crippen LogP contribution in [0.2, 0.25) is 0 Å². The fraction of sp³-hybridized carbons (Fsp3) is 0.389. The zero-order chi connectivity index (χ0) is 18.5. The molecule has 2 heterocycles. The maximum atomic E-state index is 12.5. The molecule has 1 atom stereocenters. The molecule has 1 amide bonds. The number of amides is 1. The first kappa shape index (κ1) is 17.8. The first-order chi connectivity index (χ1) is 12.5. The number of ether oxygens (including phenoxy) is 2. The Labute approximate surface area is 149 Å². The summed E-state index contributed by atoms with van der Waals surface area (Å²) in [7, 11) is 1.61. The molecule has 1 aromatic heterocycles. The number of nitrogens with one attached hydrogen (secondary N) is 2. The van der Waals surface area contributed by atoms with Crippen molar-refractivity contribution in [1.82, 2.24) is 14.9 Å². The Morgan fingerprint density at radius 3 is 2.62 bits per heavy atom. The summed E-state index contributed by atoms with van der Waals surface area (Å²) in [5.74, 6) is 1.35. The third-order valence-electron chi connectivity index (χ3n) is 4.34. The molecule has 26 heavy (non-hydrogen) atoms. The second-order valence-corrected chi connectivity index (χ2v) is 6.25. The van der Waals surface area contributed by atoms with Crippen LogP contribution < -0.4 is 20.7 Å². The standard InChI is InChI=1S/C18H21N3O5/c1-25-13-4-6-14(7-5-13)26-11-12-3-2-8-21(10-12)17(23)15-9-16(22)20-18(24)19-15/h4-7,9,12H,2-3,8,10-11H2,1H3,(H2,19,20,22,24)/t12-/m1/s1. The van der Waals surface area contributed by atoms with Crippen molar-refractivity contribution in [3.63, 3.8) is 0 Å². The van der Waals surface area contributed by atoms with E-state index >= 15 is 0 Å². The largest absolute Gasteiger partial charge is 0.497 e. The summed E-state index contributed by atoms with van der Waals surface area (Å²) in [4.78, 5) is 41.4. The average molecular weight is 359 g/mol. The molecule has 0 spiro atoms. The molecule has 8 heteroatoms. The molecule has 0 saturated carbocycles. The number of aromatic amines is 2. The Morgan fingerprint density at radius 2 is 1.92 bits per heavy atom. The molecular formula is C18H21N3O5. The molecule has 1 fully saturated rings. The number of H-pyrrole nitrogens is 2. The summed E-state index contributed by atoms with van der Waals surface area (Å²) in [6.45, 7) is 1.60. The van der Waals surface area contributed by atoms with Crippen molar-refractivity contribution in [1.29, 1.82) is 0 Å². The van der Waals surface area contributed by atoms with E-state index in [2.05, 4.69) is 9.97 Å². The Bertz CT molecular complexity index is 843. The lowest BCUT2D eigenvalue weighted by molar-refractivity contribution is 0.0627. The SMILES string of the molecule is COc1ccc(OC[C@@H]2CCCN(C(=O)c3cc(=O)[nH]c(=O)[nH]3)C2)cc1. The number of benzene rings is 1. The molecule has 1 saturated heterocycles. The van der Waals surface area contributed by atoms with Crippen LogP contribution in [0.4, 0.5) is 0 Å². The molecular weight excluding hydrogens is 338 g/mol. The minimum absolute atomic E-state index is 0.00970. The minimum atomic E-state index is -0.683. The second kappa shape index (κ2) is 7.90. The van der Waals surface area contributed by atoms with Gasteiger partial charge in [0.05, 0.1) is 13.7 Å². The number of hydrogen-bond acceptors (Lipinski definition) is 5. The first-order valence-corrected chi connectivity index (χ1v) is 8.45. The van der Waals surface area contributed by atoms with Crippen LogP contribution in [0.3, 0.4) is 0 Å². The molecule has 1 aliphatic rings. The molecule has 0 unspecified atom stereocenters. The first-order valence-electron chi connectivity index (χ1n) is 8.45. The zero-order valence-electron chi connectivity index (χ0n) is 14.5. The van der Waals surface area contributed by atoms with Crippen LogP contribution in [0.1, 0.15) is 23.3 Å². The van der Waals surface area contributed by atoms with Gasteiger partial charge in [0, 0.05) is 25.1 Å². The van der Waals surface area contributed by atoms with Gasteiger partial charge < -0.3 is 19.4 Å². The third kappa shape index (κ3) is 4.33. The lowest BCUT2D eigenvalue weighted by Gasteiger charge is -2.32. The van der Waals surface area contributed by atoms with Crippen LogP contribution in [0.15, 0.2) is 39.9 Å². The molecule has 0 bridgehead atoms. The minimum Gasteiger partial charge on any atom is -0.497 e. The van der Waals surface area contributed by atoms with Gasteiger partial charge in [0.25, 0.3) is 11.5 Å². The highest BCUT2D eigenvalue weighted by molar-refractivity contribution is 5.92. The van der Waals surface area contributed by atoms with Gasteiger partial charge in [-0.3, -0.25) is 14.6 Å². The van der Waals surface area contributed by atoms with Crippen LogP contribution in [0.5, 0.6) is 11.5 Å². The smallest absolute Gasteiger partial charge is 0.326 e. The van der Waals surface area contributed by atoms with Crippen molar-refractivity contribution in [3.8, 4) is 11.5 Å². The van der Waals surface area contributed by atoms with Gasteiger partial charge >= 0.3 is 5.69 Å². The van der Waals surface area contributed by atoms with E-state index < -0.39 is 11.2 Å². The molecule has 138 valence electrons. The van der Waals surface area contributed by atoms with Crippen LogP contribution in [0.25, 0.3) is 0 Å². The van der Waals surface area contributed by atoms with Crippen LogP contribution in [-0.2, 0) is 0 Å². The van der Waals surface area contributed by atoms with Crippen molar-refractivity contribution in [3.05, 3.63) is 56.9 Å². The Hall–Kier alpha value is -3.03. The number of carbonyl (C=O) groups is 1. The molecule has 8 nitrogen and oxygen atoms in total. The van der Waals surface area contributed by atoms with Crippen LogP contribution >= 0.6 is 0 Å². The van der Waals surface area contributed by atoms with Gasteiger partial charge in [0.2, 0.25) is 0 Å². The molecule has 0 aliphatic carbocycles. The Balaban J connectivity index is 1.60. The van der Waals surface area contributed by atoms with Crippen molar-refractivity contribution >= 4 is 5.91 Å². The number of carbonyl (C=O) groups excluding carboxylic acids is 1. The Kier molecular flexibility index (Phi) is 5.40. The predicted octanol–water partition coefficient (Wildman–Crippen LogP) is 1.00. The zero-order valence-corrected chi connectivity index (χ0v) is 14.5. The highest BCUT2D eigenvalue weighted by atomic mass is 16.5. The maximum Gasteiger partial charge on any atom is 0.326 e. The lowest BCUT2D eigenvalue weighted by atomic mass is 9.98. The highest BCUT2D eigenvalue weighted by Crippen LogP contribution is 2.21. The molecule has 1 aliphatic heterocycles. The number of rotatable bonds is 5. The van der Waals surface area contributed by atoms with Gasteiger partial charge in [-0.25, -0.2) is 4.79 Å². The summed E-state index contributed by atoms with van der Waals surface area (Å²) in [6, 6.07) is 8.45. The van der Waals surface area contributed by atoms with Gasteiger partial charge in [0.15, 0.2) is 0 Å². The van der Waals surface area contributed by atoms with E-state index in [-0.39, 0.29) is 17.5 Å². The van der Waals surface area contributed by atoms with Gasteiger partial charge in [-0.2, -0.15) is 0 Å². The van der Waals surface area contributed by atoms with Crippen molar-refractivity contribution in [2.45, 2.75) is 12.8 Å². The number of nitrogens with zero attached hydrogens (tertiary/aromatic N) is 1. The maximum absolute atomic E-state index is 12.5. The summed E-state index contributed by atoms with van der Waals surface area (Å²) in [6.07, 6.45) is 1.79. The number of hydrogen-bond donors (Lipinski definition) is 2. The van der Waals surface area contributed by atoms with E-state index in [1.54, 1.807) is 12.0 Å². The van der Waals surface area contributed by atoms with E-state index in [0.717, 1.165) is 30.4 Å². The topological polar surface area (TPSA) is 104 Å². The Morgan fingerprint density at radius 1 is 1.19 bits per heavy atom. The fourth-order valence-electron chi connectivity index (χ4n) is 3.03. The third-order valence-corrected chi connectivity index (χ3v) is 4.34. The molecule has 2 aromatic rings. The predicted molar refractivity (Wildman–Crippen MR) is 94.8 cm³/mol. The molecule has 3 rings (SSSR count). The normalized spacial score (nSPS) is 17.0.